The fraction of sp³-hybridized carbons (Fsp3) is 0.286. The third-order valence-electron chi connectivity index (χ3n) is 2.75. The number of carbonyl (C=O) groups excluding carboxylic acids is 2. The zero-order chi connectivity index (χ0) is 14.5. The lowest BCUT2D eigenvalue weighted by molar-refractivity contribution is -0.141. The molecule has 106 valence electrons. The monoisotopic (exact) mass is 293 g/mol. The summed E-state index contributed by atoms with van der Waals surface area (Å²) in [6, 6.07) is 6.64. The molecule has 6 heteroatoms. The van der Waals surface area contributed by atoms with Gasteiger partial charge in [0.2, 0.25) is 0 Å². The van der Waals surface area contributed by atoms with Gasteiger partial charge in [-0.25, -0.2) is 0 Å². The Bertz CT molecular complexity index is 588. The summed E-state index contributed by atoms with van der Waals surface area (Å²) in [5, 5.41) is 4.68. The van der Waals surface area contributed by atoms with Crippen molar-refractivity contribution >= 4 is 23.2 Å². The zero-order valence-electron chi connectivity index (χ0n) is 11.2. The number of ether oxygens (including phenoxy) is 1. The lowest BCUT2D eigenvalue weighted by Gasteiger charge is -2.15. The highest BCUT2D eigenvalue weighted by Gasteiger charge is 2.21. The van der Waals surface area contributed by atoms with Gasteiger partial charge in [-0.1, -0.05) is 6.07 Å². The highest BCUT2D eigenvalue weighted by atomic mass is 32.1. The molecule has 5 nitrogen and oxygen atoms in total. The Morgan fingerprint density at radius 2 is 2.20 bits per heavy atom. The predicted molar refractivity (Wildman–Crippen MR) is 74.6 cm³/mol. The quantitative estimate of drug-likeness (QED) is 0.861. The van der Waals surface area contributed by atoms with Crippen LogP contribution in [-0.4, -0.2) is 19.0 Å². The number of nitrogens with one attached hydrogen (secondary N) is 1. The number of esters is 1. The van der Waals surface area contributed by atoms with Crippen molar-refractivity contribution in [2.45, 2.75) is 19.4 Å². The van der Waals surface area contributed by atoms with E-state index in [2.05, 4.69) is 10.1 Å². The highest BCUT2D eigenvalue weighted by Crippen LogP contribution is 2.23. The summed E-state index contributed by atoms with van der Waals surface area (Å²) in [5.74, 6) is 0.171. The van der Waals surface area contributed by atoms with Crippen LogP contribution in [0.4, 0.5) is 0 Å². The van der Waals surface area contributed by atoms with Crippen molar-refractivity contribution in [1.82, 2.24) is 5.32 Å². The average molecular weight is 293 g/mol. The number of amides is 1. The van der Waals surface area contributed by atoms with Crippen LogP contribution in [0.25, 0.3) is 0 Å². The third kappa shape index (κ3) is 3.48. The van der Waals surface area contributed by atoms with Gasteiger partial charge in [-0.3, -0.25) is 9.59 Å². The fourth-order valence-electron chi connectivity index (χ4n) is 1.75. The van der Waals surface area contributed by atoms with Gasteiger partial charge in [-0.2, -0.15) is 0 Å². The maximum Gasteiger partial charge on any atom is 0.307 e. The molecule has 0 saturated heterocycles. The van der Waals surface area contributed by atoms with Gasteiger partial charge in [-0.15, -0.1) is 11.3 Å². The fourth-order valence-corrected chi connectivity index (χ4v) is 2.53. The molecule has 0 bridgehead atoms. The number of methoxy groups -OCH3 is 1. The van der Waals surface area contributed by atoms with Crippen molar-refractivity contribution in [1.29, 1.82) is 0 Å². The molecule has 20 heavy (non-hydrogen) atoms. The second kappa shape index (κ2) is 6.38. The van der Waals surface area contributed by atoms with E-state index >= 15 is 0 Å². The van der Waals surface area contributed by atoms with Gasteiger partial charge in [0.15, 0.2) is 5.76 Å². The lowest BCUT2D eigenvalue weighted by Crippen LogP contribution is -2.29. The third-order valence-corrected chi connectivity index (χ3v) is 3.74. The minimum absolute atomic E-state index is 0.0858. The van der Waals surface area contributed by atoms with Crippen LogP contribution in [0.3, 0.4) is 0 Å². The summed E-state index contributed by atoms with van der Waals surface area (Å²) in [7, 11) is 1.32. The Kier molecular flexibility index (Phi) is 4.57. The molecule has 1 amide bonds. The molecule has 0 saturated carbocycles. The van der Waals surface area contributed by atoms with Gasteiger partial charge in [-0.05, 0) is 30.5 Å². The molecule has 0 unspecified atom stereocenters. The van der Waals surface area contributed by atoms with Crippen LogP contribution in [0.1, 0.15) is 33.7 Å². The molecule has 0 fully saturated rings. The molecule has 2 rings (SSSR count). The smallest absolute Gasteiger partial charge is 0.307 e. The highest BCUT2D eigenvalue weighted by molar-refractivity contribution is 7.10. The minimum atomic E-state index is -0.416. The summed E-state index contributed by atoms with van der Waals surface area (Å²) < 4.78 is 9.93. The van der Waals surface area contributed by atoms with Gasteiger partial charge < -0.3 is 14.5 Å². The maximum absolute atomic E-state index is 12.1. The van der Waals surface area contributed by atoms with Gasteiger partial charge in [0.05, 0.1) is 19.6 Å². The van der Waals surface area contributed by atoms with Crippen LogP contribution >= 0.6 is 11.3 Å². The number of thiophene rings is 1. The molecule has 0 radical (unpaired) electrons. The first kappa shape index (κ1) is 14.3. The van der Waals surface area contributed by atoms with Crippen molar-refractivity contribution in [2.75, 3.05) is 7.11 Å². The van der Waals surface area contributed by atoms with Crippen molar-refractivity contribution < 1.29 is 18.7 Å². The Labute approximate surface area is 120 Å². The number of carbonyl (C=O) groups is 2. The van der Waals surface area contributed by atoms with Crippen molar-refractivity contribution in [3.05, 3.63) is 46.0 Å². The molecule has 1 atom stereocenters. The Hall–Kier alpha value is -2.08. The Balaban J connectivity index is 2.11. The van der Waals surface area contributed by atoms with E-state index in [-0.39, 0.29) is 24.1 Å². The molecular weight excluding hydrogens is 278 g/mol. The normalized spacial score (nSPS) is 11.9. The molecule has 0 spiro atoms. The maximum atomic E-state index is 12.1. The van der Waals surface area contributed by atoms with E-state index in [9.17, 15) is 9.59 Å². The summed E-state index contributed by atoms with van der Waals surface area (Å²) in [6.45, 7) is 1.77. The number of rotatable bonds is 5. The van der Waals surface area contributed by atoms with Gasteiger partial charge in [0, 0.05) is 4.88 Å². The zero-order valence-corrected chi connectivity index (χ0v) is 12.0. The molecular formula is C14H15NO4S. The Morgan fingerprint density at radius 1 is 1.40 bits per heavy atom. The average Bonchev–Trinajstić information content (AvgIpc) is 3.08. The molecule has 0 aromatic carbocycles. The molecule has 1 N–H and O–H groups in total. The van der Waals surface area contributed by atoms with E-state index in [0.717, 1.165) is 4.88 Å². The van der Waals surface area contributed by atoms with Gasteiger partial charge in [0.25, 0.3) is 5.91 Å². The first-order valence-electron chi connectivity index (χ1n) is 6.07. The summed E-state index contributed by atoms with van der Waals surface area (Å²) >= 11 is 1.47. The second-order valence-corrected chi connectivity index (χ2v) is 5.21. The van der Waals surface area contributed by atoms with Crippen LogP contribution in [0.5, 0.6) is 0 Å². The molecule has 0 aliphatic heterocycles. The van der Waals surface area contributed by atoms with E-state index in [1.807, 2.05) is 17.5 Å². The number of hydrogen-bond donors (Lipinski definition) is 1. The summed E-state index contributed by atoms with van der Waals surface area (Å²) in [4.78, 5) is 24.4. The minimum Gasteiger partial charge on any atom is -0.469 e. The van der Waals surface area contributed by atoms with Crippen LogP contribution in [0.15, 0.2) is 34.1 Å². The van der Waals surface area contributed by atoms with Gasteiger partial charge in [0.1, 0.15) is 5.76 Å². The van der Waals surface area contributed by atoms with Crippen molar-refractivity contribution in [3.8, 4) is 0 Å². The number of hydrogen-bond acceptors (Lipinski definition) is 5. The molecule has 0 aliphatic rings. The summed E-state index contributed by atoms with van der Waals surface area (Å²) in [5.41, 5.74) is 0. The topological polar surface area (TPSA) is 68.5 Å². The van der Waals surface area contributed by atoms with E-state index < -0.39 is 6.04 Å². The van der Waals surface area contributed by atoms with Crippen molar-refractivity contribution in [2.24, 2.45) is 0 Å². The van der Waals surface area contributed by atoms with Gasteiger partial charge >= 0.3 is 5.97 Å². The lowest BCUT2D eigenvalue weighted by atomic mass is 10.1. The van der Waals surface area contributed by atoms with Crippen molar-refractivity contribution in [3.63, 3.8) is 0 Å². The standard InChI is InChI=1S/C14H15NO4S/c1-9-5-6-11(19-9)14(17)15-10(8-13(16)18-2)12-4-3-7-20-12/h3-7,10H,8H2,1-2H3,(H,15,17)/t10-/m0/s1. The second-order valence-electron chi connectivity index (χ2n) is 4.23. The van der Waals surface area contributed by atoms with Crippen LogP contribution in [-0.2, 0) is 9.53 Å². The molecule has 2 aromatic rings. The predicted octanol–water partition coefficient (Wildman–Crippen LogP) is 2.68. The summed E-state index contributed by atoms with van der Waals surface area (Å²) in [6.07, 6.45) is 0.0858. The number of aryl methyl sites for hydroxylation is 1. The largest absolute Gasteiger partial charge is 0.469 e. The van der Waals surface area contributed by atoms with Crippen LogP contribution in [0.2, 0.25) is 0 Å². The van der Waals surface area contributed by atoms with E-state index in [1.165, 1.54) is 18.4 Å². The molecule has 2 aromatic heterocycles. The van der Waals surface area contributed by atoms with Crippen LogP contribution < -0.4 is 5.32 Å². The molecule has 2 heterocycles. The van der Waals surface area contributed by atoms with E-state index in [4.69, 9.17) is 4.42 Å². The molecule has 0 aliphatic carbocycles. The van der Waals surface area contributed by atoms with E-state index in [1.54, 1.807) is 19.1 Å². The Morgan fingerprint density at radius 3 is 2.75 bits per heavy atom. The van der Waals surface area contributed by atoms with E-state index in [0.29, 0.717) is 5.76 Å². The first-order valence-corrected chi connectivity index (χ1v) is 6.95. The van der Waals surface area contributed by atoms with Crippen LogP contribution in [0, 0.1) is 6.92 Å². The SMILES string of the molecule is COC(=O)C[C@H](NC(=O)c1ccc(C)o1)c1cccs1. The number of furan rings is 1. The first-order chi connectivity index (χ1) is 9.60.